The smallest absolute Gasteiger partial charge is 0.262 e. The maximum absolute atomic E-state index is 12.9. The van der Waals surface area contributed by atoms with Crippen molar-refractivity contribution in [3.8, 4) is 5.75 Å². The van der Waals surface area contributed by atoms with Crippen molar-refractivity contribution in [2.75, 3.05) is 31.1 Å². The van der Waals surface area contributed by atoms with Gasteiger partial charge in [-0.3, -0.25) is 4.79 Å². The van der Waals surface area contributed by atoms with Crippen LogP contribution >= 0.6 is 11.3 Å². The van der Waals surface area contributed by atoms with Gasteiger partial charge in [-0.1, -0.05) is 0 Å². The summed E-state index contributed by atoms with van der Waals surface area (Å²) in [6.45, 7) is -0.168. The molecule has 0 aliphatic heterocycles. The van der Waals surface area contributed by atoms with Crippen molar-refractivity contribution in [2.24, 2.45) is 5.73 Å². The van der Waals surface area contributed by atoms with E-state index in [9.17, 15) is 13.6 Å². The number of fused-ring (bicyclic) bond motifs is 1. The van der Waals surface area contributed by atoms with E-state index in [0.717, 1.165) is 0 Å². The number of aromatic nitrogens is 2. The Hall–Kier alpha value is -3.05. The fraction of sp³-hybridized carbons (Fsp3) is 0.278. The number of aryl methyl sites for hydroxylation is 1. The summed E-state index contributed by atoms with van der Waals surface area (Å²) < 4.78 is 31.2. The third-order valence-corrected chi connectivity index (χ3v) is 5.29. The molecule has 0 bridgehead atoms. The van der Waals surface area contributed by atoms with Crippen LogP contribution in [0.15, 0.2) is 24.5 Å². The lowest BCUT2D eigenvalue weighted by Gasteiger charge is -2.17. The number of rotatable bonds is 8. The molecule has 2 aromatic heterocycles. The molecule has 3 rings (SSSR count). The van der Waals surface area contributed by atoms with Gasteiger partial charge in [0.15, 0.2) is 6.10 Å². The Balaban J connectivity index is 2.02. The highest BCUT2D eigenvalue weighted by Gasteiger charge is 2.20. The molecule has 0 atom stereocenters. The first-order chi connectivity index (χ1) is 14.0. The highest BCUT2D eigenvalue weighted by molar-refractivity contribution is 7.20. The Labute approximate surface area is 169 Å². The monoisotopic (exact) mass is 422 g/mol. The van der Waals surface area contributed by atoms with E-state index in [-0.39, 0.29) is 18.3 Å². The fourth-order valence-corrected chi connectivity index (χ4v) is 3.77. The molecule has 0 spiro atoms. The van der Waals surface area contributed by atoms with Crippen molar-refractivity contribution in [3.05, 3.63) is 35.0 Å². The molecular formula is C18H20F2N6O2S. The summed E-state index contributed by atoms with van der Waals surface area (Å²) in [4.78, 5) is 21.8. The van der Waals surface area contributed by atoms with Gasteiger partial charge in [0.2, 0.25) is 0 Å². The molecule has 8 nitrogen and oxygen atoms in total. The molecule has 11 heteroatoms. The zero-order valence-corrected chi connectivity index (χ0v) is 16.4. The summed E-state index contributed by atoms with van der Waals surface area (Å²) in [6, 6.07) is 4.71. The van der Waals surface area contributed by atoms with Crippen molar-refractivity contribution in [1.82, 2.24) is 15.3 Å². The van der Waals surface area contributed by atoms with Gasteiger partial charge in [-0.15, -0.1) is 11.3 Å². The quantitative estimate of drug-likeness (QED) is 0.324. The van der Waals surface area contributed by atoms with Crippen molar-refractivity contribution < 1.29 is 18.3 Å². The topological polar surface area (TPSA) is 128 Å². The van der Waals surface area contributed by atoms with E-state index in [0.29, 0.717) is 37.8 Å². The molecule has 0 saturated heterocycles. The lowest BCUT2D eigenvalue weighted by atomic mass is 10.2. The number of nitrogens with zero attached hydrogens (tertiary/aromatic N) is 2. The predicted molar refractivity (Wildman–Crippen MR) is 109 cm³/mol. The third-order valence-electron chi connectivity index (χ3n) is 4.09. The Kier molecular flexibility index (Phi) is 6.39. The average molecular weight is 422 g/mol. The summed E-state index contributed by atoms with van der Waals surface area (Å²) >= 11 is 1.21. The Bertz CT molecular complexity index is 1020. The van der Waals surface area contributed by atoms with E-state index in [1.165, 1.54) is 23.7 Å². The van der Waals surface area contributed by atoms with Crippen molar-refractivity contribution in [2.45, 2.75) is 13.0 Å². The minimum atomic E-state index is -1.24. The van der Waals surface area contributed by atoms with Gasteiger partial charge in [-0.05, 0) is 24.6 Å². The van der Waals surface area contributed by atoms with E-state index < -0.39 is 19.5 Å². The normalized spacial score (nSPS) is 11.1. The molecule has 2 heterocycles. The molecule has 3 aromatic rings. The van der Waals surface area contributed by atoms with Crippen LogP contribution < -0.4 is 26.8 Å². The van der Waals surface area contributed by atoms with Crippen LogP contribution in [0.2, 0.25) is 0 Å². The van der Waals surface area contributed by atoms with Crippen molar-refractivity contribution in [3.63, 3.8) is 0 Å². The lowest BCUT2D eigenvalue weighted by molar-refractivity contribution is 0.0958. The number of ether oxygens (including phenoxy) is 1. The van der Waals surface area contributed by atoms with Gasteiger partial charge < -0.3 is 26.8 Å². The zero-order valence-electron chi connectivity index (χ0n) is 15.5. The van der Waals surface area contributed by atoms with Gasteiger partial charge in [0.25, 0.3) is 5.91 Å². The minimum absolute atomic E-state index is 0.0136. The molecule has 0 aliphatic rings. The van der Waals surface area contributed by atoms with Gasteiger partial charge in [0.1, 0.15) is 36.1 Å². The highest BCUT2D eigenvalue weighted by Crippen LogP contribution is 2.37. The second-order valence-electron chi connectivity index (χ2n) is 6.10. The standard InChI is InChI=1S/C18H20F2N6O2S/c1-9-14-16(24-8-25-18(14)29-15(9)17(27)23-7-21)26-12-3-2-10(22)4-13(12)28-11(5-19)6-20/h2-4,8,11H,5-7,21-22H2,1H3,(H,23,27)(H,24,25,26). The van der Waals surface area contributed by atoms with Crippen molar-refractivity contribution >= 4 is 44.7 Å². The molecule has 0 aliphatic carbocycles. The predicted octanol–water partition coefficient (Wildman–Crippen LogP) is 2.66. The number of hydrogen-bond donors (Lipinski definition) is 4. The number of anilines is 3. The van der Waals surface area contributed by atoms with Crippen molar-refractivity contribution in [1.29, 1.82) is 0 Å². The zero-order chi connectivity index (χ0) is 21.0. The molecular weight excluding hydrogens is 402 g/mol. The summed E-state index contributed by atoms with van der Waals surface area (Å²) in [5, 5.41) is 6.30. The summed E-state index contributed by atoms with van der Waals surface area (Å²) in [5.74, 6) is 0.303. The molecule has 0 radical (unpaired) electrons. The van der Waals surface area contributed by atoms with Gasteiger partial charge in [-0.2, -0.15) is 0 Å². The minimum Gasteiger partial charge on any atom is -0.483 e. The molecule has 1 amide bonds. The third kappa shape index (κ3) is 4.35. The molecule has 1 aromatic carbocycles. The summed E-state index contributed by atoms with van der Waals surface area (Å²) in [6.07, 6.45) is 0.117. The maximum Gasteiger partial charge on any atom is 0.262 e. The van der Waals surface area contributed by atoms with Crippen LogP contribution in [0.5, 0.6) is 5.75 Å². The number of nitrogens with one attached hydrogen (secondary N) is 2. The first kappa shape index (κ1) is 20.7. The van der Waals surface area contributed by atoms with Gasteiger partial charge >= 0.3 is 0 Å². The van der Waals surface area contributed by atoms with E-state index >= 15 is 0 Å². The highest BCUT2D eigenvalue weighted by atomic mass is 32.1. The number of alkyl halides is 2. The Morgan fingerprint density at radius 3 is 2.76 bits per heavy atom. The first-order valence-electron chi connectivity index (χ1n) is 8.66. The number of thiophene rings is 1. The average Bonchev–Trinajstić information content (AvgIpc) is 3.06. The molecule has 0 fully saturated rings. The number of carbonyl (C=O) groups excluding carboxylic acids is 1. The Morgan fingerprint density at radius 2 is 2.07 bits per heavy atom. The molecule has 6 N–H and O–H groups in total. The number of benzene rings is 1. The molecule has 0 unspecified atom stereocenters. The largest absolute Gasteiger partial charge is 0.483 e. The number of amides is 1. The van der Waals surface area contributed by atoms with Crippen LogP contribution in [0, 0.1) is 6.92 Å². The maximum atomic E-state index is 12.9. The number of hydrogen-bond acceptors (Lipinski definition) is 8. The van der Waals surface area contributed by atoms with E-state index in [1.807, 2.05) is 0 Å². The van der Waals surface area contributed by atoms with Gasteiger partial charge in [-0.25, -0.2) is 18.7 Å². The molecule has 0 saturated carbocycles. The van der Waals surface area contributed by atoms with Crippen LogP contribution in [-0.4, -0.2) is 42.0 Å². The number of halogens is 2. The SMILES string of the molecule is Cc1c(C(=O)NCN)sc2ncnc(Nc3ccc(N)cc3OC(CF)CF)c12. The number of nitrogen functional groups attached to an aromatic ring is 1. The molecule has 29 heavy (non-hydrogen) atoms. The second-order valence-corrected chi connectivity index (χ2v) is 7.10. The number of carbonyl (C=O) groups is 1. The summed E-state index contributed by atoms with van der Waals surface area (Å²) in [5.41, 5.74) is 12.7. The summed E-state index contributed by atoms with van der Waals surface area (Å²) in [7, 11) is 0. The lowest BCUT2D eigenvalue weighted by Crippen LogP contribution is -2.29. The van der Waals surface area contributed by atoms with E-state index in [4.69, 9.17) is 16.2 Å². The van der Waals surface area contributed by atoms with Gasteiger partial charge in [0, 0.05) is 11.8 Å². The number of nitrogens with two attached hydrogens (primary N) is 2. The molecule has 154 valence electrons. The van der Waals surface area contributed by atoms with Crippen LogP contribution in [-0.2, 0) is 0 Å². The Morgan fingerprint density at radius 1 is 1.31 bits per heavy atom. The van der Waals surface area contributed by atoms with Crippen LogP contribution in [0.25, 0.3) is 10.2 Å². The second kappa shape index (κ2) is 8.97. The fourth-order valence-electron chi connectivity index (χ4n) is 2.71. The van der Waals surface area contributed by atoms with E-state index in [2.05, 4.69) is 20.6 Å². The van der Waals surface area contributed by atoms with Crippen LogP contribution in [0.3, 0.4) is 0 Å². The van der Waals surface area contributed by atoms with E-state index in [1.54, 1.807) is 19.1 Å². The first-order valence-corrected chi connectivity index (χ1v) is 9.47. The van der Waals surface area contributed by atoms with Crippen LogP contribution in [0.4, 0.5) is 26.0 Å². The van der Waals surface area contributed by atoms with Gasteiger partial charge in [0.05, 0.1) is 22.6 Å². The van der Waals surface area contributed by atoms with Crippen LogP contribution in [0.1, 0.15) is 15.2 Å².